The van der Waals surface area contributed by atoms with E-state index in [-0.39, 0.29) is 12.1 Å². The number of hydrogen-bond donors (Lipinski definition) is 1. The fourth-order valence-corrected chi connectivity index (χ4v) is 5.48. The van der Waals surface area contributed by atoms with Gasteiger partial charge in [-0.25, -0.2) is 13.2 Å². The number of sulfonamides is 1. The number of carbonyl (C=O) groups excluding carboxylic acids is 1. The van der Waals surface area contributed by atoms with Gasteiger partial charge in [-0.3, -0.25) is 0 Å². The number of aryl methyl sites for hydroxylation is 1. The van der Waals surface area contributed by atoms with Crippen LogP contribution in [0.4, 0.5) is 4.79 Å². The van der Waals surface area contributed by atoms with Crippen LogP contribution in [0, 0.1) is 6.92 Å². The Labute approximate surface area is 142 Å². The number of thiophene rings is 1. The molecule has 0 aliphatic carbocycles. The fourth-order valence-electron chi connectivity index (χ4n) is 2.62. The SMILES string of the molecule is CCC[C@H](C)NC(=O)N1CCN(S(=O)(=O)c2ccc(C)s2)CC1. The second-order valence-corrected chi connectivity index (χ2v) is 9.35. The van der Waals surface area contributed by atoms with Crippen molar-refractivity contribution in [2.24, 2.45) is 0 Å². The van der Waals surface area contributed by atoms with E-state index in [9.17, 15) is 13.2 Å². The number of carbonyl (C=O) groups is 1. The van der Waals surface area contributed by atoms with Gasteiger partial charge in [-0.1, -0.05) is 13.3 Å². The quantitative estimate of drug-likeness (QED) is 0.877. The van der Waals surface area contributed by atoms with Crippen LogP contribution < -0.4 is 5.32 Å². The summed E-state index contributed by atoms with van der Waals surface area (Å²) in [6.45, 7) is 7.50. The van der Waals surface area contributed by atoms with Crippen LogP contribution in [0.3, 0.4) is 0 Å². The first kappa shape index (κ1) is 18.2. The summed E-state index contributed by atoms with van der Waals surface area (Å²) < 4.78 is 27.0. The van der Waals surface area contributed by atoms with Crippen LogP contribution in [-0.2, 0) is 10.0 Å². The summed E-state index contributed by atoms with van der Waals surface area (Å²) in [4.78, 5) is 14.8. The highest BCUT2D eigenvalue weighted by molar-refractivity contribution is 7.91. The molecule has 1 N–H and O–H groups in total. The molecule has 1 aromatic rings. The lowest BCUT2D eigenvalue weighted by Crippen LogP contribution is -2.54. The number of hydrogen-bond acceptors (Lipinski definition) is 4. The molecule has 2 amide bonds. The van der Waals surface area contributed by atoms with Crippen molar-refractivity contribution in [1.29, 1.82) is 0 Å². The molecular formula is C15H25N3O3S2. The van der Waals surface area contributed by atoms with Crippen molar-refractivity contribution in [1.82, 2.24) is 14.5 Å². The van der Waals surface area contributed by atoms with Crippen molar-refractivity contribution in [3.05, 3.63) is 17.0 Å². The molecule has 0 bridgehead atoms. The highest BCUT2D eigenvalue weighted by Crippen LogP contribution is 2.25. The lowest BCUT2D eigenvalue weighted by molar-refractivity contribution is 0.169. The molecule has 0 unspecified atom stereocenters. The van der Waals surface area contributed by atoms with Gasteiger partial charge in [0.1, 0.15) is 4.21 Å². The third-order valence-electron chi connectivity index (χ3n) is 3.93. The van der Waals surface area contributed by atoms with Crippen LogP contribution in [0.25, 0.3) is 0 Å². The predicted molar refractivity (Wildman–Crippen MR) is 92.3 cm³/mol. The Morgan fingerprint density at radius 2 is 1.96 bits per heavy atom. The maximum atomic E-state index is 12.6. The summed E-state index contributed by atoms with van der Waals surface area (Å²) >= 11 is 1.29. The van der Waals surface area contributed by atoms with Gasteiger partial charge in [0.2, 0.25) is 0 Å². The molecule has 0 saturated carbocycles. The van der Waals surface area contributed by atoms with Crippen LogP contribution in [0.15, 0.2) is 16.3 Å². The summed E-state index contributed by atoms with van der Waals surface area (Å²) in [5.41, 5.74) is 0. The molecular weight excluding hydrogens is 334 g/mol. The molecule has 1 fully saturated rings. The summed E-state index contributed by atoms with van der Waals surface area (Å²) in [7, 11) is -3.43. The van der Waals surface area contributed by atoms with Crippen LogP contribution in [-0.4, -0.2) is 55.9 Å². The zero-order valence-corrected chi connectivity index (χ0v) is 15.5. The summed E-state index contributed by atoms with van der Waals surface area (Å²) in [6.07, 6.45) is 1.96. The zero-order valence-electron chi connectivity index (χ0n) is 13.9. The smallest absolute Gasteiger partial charge is 0.317 e. The molecule has 0 aromatic carbocycles. The first-order valence-electron chi connectivity index (χ1n) is 7.96. The van der Waals surface area contributed by atoms with E-state index < -0.39 is 10.0 Å². The molecule has 1 atom stereocenters. The molecule has 1 aliphatic heterocycles. The molecule has 130 valence electrons. The van der Waals surface area contributed by atoms with E-state index in [1.54, 1.807) is 11.0 Å². The van der Waals surface area contributed by atoms with Crippen molar-refractivity contribution in [2.45, 2.75) is 43.9 Å². The number of urea groups is 1. The van der Waals surface area contributed by atoms with Crippen molar-refractivity contribution in [3.63, 3.8) is 0 Å². The van der Waals surface area contributed by atoms with E-state index in [1.165, 1.54) is 15.6 Å². The van der Waals surface area contributed by atoms with Gasteiger partial charge in [-0.05, 0) is 32.4 Å². The molecule has 2 rings (SSSR count). The van der Waals surface area contributed by atoms with Gasteiger partial charge in [0.05, 0.1) is 0 Å². The Morgan fingerprint density at radius 1 is 1.30 bits per heavy atom. The fraction of sp³-hybridized carbons (Fsp3) is 0.667. The molecule has 0 spiro atoms. The van der Waals surface area contributed by atoms with Gasteiger partial charge in [0.15, 0.2) is 0 Å². The van der Waals surface area contributed by atoms with Crippen LogP contribution >= 0.6 is 11.3 Å². The van der Waals surface area contributed by atoms with E-state index >= 15 is 0 Å². The van der Waals surface area contributed by atoms with E-state index in [1.807, 2.05) is 19.9 Å². The topological polar surface area (TPSA) is 69.7 Å². The second kappa shape index (κ2) is 7.63. The largest absolute Gasteiger partial charge is 0.336 e. The van der Waals surface area contributed by atoms with Gasteiger partial charge in [0, 0.05) is 37.1 Å². The standard InChI is InChI=1S/C15H25N3O3S2/c1-4-5-12(2)16-15(19)17-8-10-18(11-9-17)23(20,21)14-7-6-13(3)22-14/h6-7,12H,4-5,8-11H2,1-3H3,(H,16,19)/t12-/m0/s1. The molecule has 2 heterocycles. The highest BCUT2D eigenvalue weighted by Gasteiger charge is 2.31. The molecule has 23 heavy (non-hydrogen) atoms. The number of nitrogens with one attached hydrogen (secondary N) is 1. The van der Waals surface area contributed by atoms with Gasteiger partial charge >= 0.3 is 6.03 Å². The number of rotatable bonds is 5. The summed E-state index contributed by atoms with van der Waals surface area (Å²) in [5.74, 6) is 0. The molecule has 0 radical (unpaired) electrons. The van der Waals surface area contributed by atoms with E-state index in [0.717, 1.165) is 17.7 Å². The predicted octanol–water partition coefficient (Wildman–Crippen LogP) is 2.26. The molecule has 1 aliphatic rings. The minimum atomic E-state index is -3.43. The summed E-state index contributed by atoms with van der Waals surface area (Å²) in [6, 6.07) is 3.51. The monoisotopic (exact) mass is 359 g/mol. The molecule has 1 aromatic heterocycles. The highest BCUT2D eigenvalue weighted by atomic mass is 32.2. The molecule has 6 nitrogen and oxygen atoms in total. The number of amides is 2. The van der Waals surface area contributed by atoms with Crippen molar-refractivity contribution < 1.29 is 13.2 Å². The van der Waals surface area contributed by atoms with Crippen molar-refractivity contribution in [3.8, 4) is 0 Å². The Bertz CT molecular complexity index is 634. The maximum Gasteiger partial charge on any atom is 0.317 e. The minimum absolute atomic E-state index is 0.102. The maximum absolute atomic E-state index is 12.6. The Morgan fingerprint density at radius 3 is 2.48 bits per heavy atom. The first-order chi connectivity index (χ1) is 10.8. The third kappa shape index (κ3) is 4.45. The normalized spacial score (nSPS) is 18.0. The third-order valence-corrected chi connectivity index (χ3v) is 7.29. The lowest BCUT2D eigenvalue weighted by atomic mass is 10.2. The summed E-state index contributed by atoms with van der Waals surface area (Å²) in [5, 5.41) is 2.96. The minimum Gasteiger partial charge on any atom is -0.336 e. The van der Waals surface area contributed by atoms with Gasteiger partial charge in [-0.2, -0.15) is 4.31 Å². The molecule has 8 heteroatoms. The molecule has 1 saturated heterocycles. The van der Waals surface area contributed by atoms with Gasteiger partial charge in [-0.15, -0.1) is 11.3 Å². The van der Waals surface area contributed by atoms with Crippen molar-refractivity contribution >= 4 is 27.4 Å². The van der Waals surface area contributed by atoms with Gasteiger partial charge in [0.25, 0.3) is 10.0 Å². The van der Waals surface area contributed by atoms with E-state index in [4.69, 9.17) is 0 Å². The van der Waals surface area contributed by atoms with Crippen molar-refractivity contribution in [2.75, 3.05) is 26.2 Å². The second-order valence-electron chi connectivity index (χ2n) is 5.90. The average molecular weight is 360 g/mol. The average Bonchev–Trinajstić information content (AvgIpc) is 2.95. The van der Waals surface area contributed by atoms with Crippen LogP contribution in [0.2, 0.25) is 0 Å². The van der Waals surface area contributed by atoms with Gasteiger partial charge < -0.3 is 10.2 Å². The zero-order chi connectivity index (χ0) is 17.0. The number of nitrogens with zero attached hydrogens (tertiary/aromatic N) is 2. The van der Waals surface area contributed by atoms with E-state index in [2.05, 4.69) is 12.2 Å². The van der Waals surface area contributed by atoms with Crippen LogP contribution in [0.5, 0.6) is 0 Å². The number of piperazine rings is 1. The Balaban J connectivity index is 1.92. The van der Waals surface area contributed by atoms with Crippen LogP contribution in [0.1, 0.15) is 31.6 Å². The first-order valence-corrected chi connectivity index (χ1v) is 10.2. The Kier molecular flexibility index (Phi) is 6.05. The Hall–Kier alpha value is -1.12. The van der Waals surface area contributed by atoms with E-state index in [0.29, 0.717) is 30.4 Å². The lowest BCUT2D eigenvalue weighted by Gasteiger charge is -2.34.